The Hall–Kier alpha value is -5.73. The molecule has 2 aliphatic carbocycles. The lowest BCUT2D eigenvalue weighted by molar-refractivity contribution is 0.509. The summed E-state index contributed by atoms with van der Waals surface area (Å²) in [6.07, 6.45) is 1.25. The van der Waals surface area contributed by atoms with Crippen molar-refractivity contribution in [2.24, 2.45) is 4.99 Å². The predicted octanol–water partition coefficient (Wildman–Crippen LogP) is 8.04. The lowest BCUT2D eigenvalue weighted by Gasteiger charge is -2.15. The first-order valence-corrected chi connectivity index (χ1v) is 13.3. The smallest absolute Gasteiger partial charge is 0.168 e. The SMILES string of the molecule is C/N=C\C(C#N)=C1/c2c(F)c(F)c3c(c2-c2cc(F)c4ccccc4c21)/C(=C(\C#N)NC)c1c-3cc(F)c2ccccc12. The summed E-state index contributed by atoms with van der Waals surface area (Å²) in [6, 6.07) is 19.7. The number of benzene rings is 5. The molecule has 0 aliphatic heterocycles. The number of hydrogen-bond donors (Lipinski definition) is 1. The fourth-order valence-corrected chi connectivity index (χ4v) is 6.58. The average Bonchev–Trinajstić information content (AvgIpc) is 3.53. The first kappa shape index (κ1) is 26.2. The third kappa shape index (κ3) is 3.32. The molecule has 5 aromatic carbocycles. The quantitative estimate of drug-likeness (QED) is 0.130. The van der Waals surface area contributed by atoms with Gasteiger partial charge in [0.15, 0.2) is 11.6 Å². The standard InChI is InChI=1S/C35H18F4N4/c1-42-15-16(13-40)26-27-19-9-5-3-7-17(19)23(36)11-21(27)29-32-30(34(38)35(39)33(26)29)22-12-24(37)18-8-4-6-10-20(18)28(22)31(32)25(14-41)43-2/h3-12,15,43H,1-2H3/b26-16-,31-25+,42-15-. The maximum atomic E-state index is 16.6. The predicted molar refractivity (Wildman–Crippen MR) is 159 cm³/mol. The van der Waals surface area contributed by atoms with Gasteiger partial charge in [0.2, 0.25) is 0 Å². The molecule has 5 aromatic rings. The van der Waals surface area contributed by atoms with Crippen LogP contribution in [0.4, 0.5) is 17.6 Å². The number of hydrogen-bond acceptors (Lipinski definition) is 4. The van der Waals surface area contributed by atoms with Gasteiger partial charge in [-0.2, -0.15) is 10.5 Å². The molecule has 0 spiro atoms. The van der Waals surface area contributed by atoms with E-state index in [1.807, 2.05) is 6.07 Å². The van der Waals surface area contributed by atoms with Crippen LogP contribution in [0.25, 0.3) is 54.9 Å². The third-order valence-electron chi connectivity index (χ3n) is 8.17. The molecule has 0 bridgehead atoms. The van der Waals surface area contributed by atoms with Crippen molar-refractivity contribution in [2.45, 2.75) is 0 Å². The monoisotopic (exact) mass is 570 g/mol. The van der Waals surface area contributed by atoms with Crippen LogP contribution in [-0.4, -0.2) is 20.3 Å². The van der Waals surface area contributed by atoms with Crippen molar-refractivity contribution in [1.29, 1.82) is 10.5 Å². The Balaban J connectivity index is 1.79. The normalized spacial score (nSPS) is 15.2. The first-order chi connectivity index (χ1) is 20.9. The maximum Gasteiger partial charge on any atom is 0.168 e. The molecule has 0 atom stereocenters. The zero-order valence-electron chi connectivity index (χ0n) is 22.7. The van der Waals surface area contributed by atoms with Crippen molar-refractivity contribution in [3.05, 3.63) is 117 Å². The fraction of sp³-hybridized carbons (Fsp3) is 0.0571. The highest BCUT2D eigenvalue weighted by molar-refractivity contribution is 6.22. The molecule has 0 aromatic heterocycles. The molecule has 1 N–H and O–H groups in total. The van der Waals surface area contributed by atoms with Crippen LogP contribution < -0.4 is 5.32 Å². The van der Waals surface area contributed by atoms with E-state index in [2.05, 4.69) is 16.4 Å². The highest BCUT2D eigenvalue weighted by atomic mass is 19.2. The molecule has 206 valence electrons. The second-order valence-electron chi connectivity index (χ2n) is 10.2. The van der Waals surface area contributed by atoms with Crippen molar-refractivity contribution in [3.8, 4) is 34.4 Å². The Bertz CT molecular complexity index is 2300. The van der Waals surface area contributed by atoms with E-state index in [-0.39, 0.29) is 66.6 Å². The van der Waals surface area contributed by atoms with Gasteiger partial charge in [0, 0.05) is 70.0 Å². The summed E-state index contributed by atoms with van der Waals surface area (Å²) in [5, 5.41) is 24.5. The molecule has 0 radical (unpaired) electrons. The molecule has 7 rings (SSSR count). The summed E-state index contributed by atoms with van der Waals surface area (Å²) >= 11 is 0. The van der Waals surface area contributed by atoms with E-state index in [1.165, 1.54) is 26.4 Å². The minimum Gasteiger partial charge on any atom is -0.379 e. The second kappa shape index (κ2) is 9.40. The van der Waals surface area contributed by atoms with Gasteiger partial charge in [-0.3, -0.25) is 4.99 Å². The minimum absolute atomic E-state index is 0.0286. The Kier molecular flexibility index (Phi) is 5.73. The van der Waals surface area contributed by atoms with E-state index < -0.39 is 23.3 Å². The Morgan fingerprint density at radius 3 is 1.70 bits per heavy atom. The first-order valence-electron chi connectivity index (χ1n) is 13.3. The molecule has 0 amide bonds. The topological polar surface area (TPSA) is 72.0 Å². The summed E-state index contributed by atoms with van der Waals surface area (Å²) in [6.45, 7) is 0. The van der Waals surface area contributed by atoms with Crippen molar-refractivity contribution < 1.29 is 17.6 Å². The molecular weight excluding hydrogens is 552 g/mol. The van der Waals surface area contributed by atoms with E-state index in [1.54, 1.807) is 48.5 Å². The molecule has 0 fully saturated rings. The number of rotatable bonds is 2. The molecule has 8 heteroatoms. The lowest BCUT2D eigenvalue weighted by Crippen LogP contribution is -2.08. The molecule has 43 heavy (non-hydrogen) atoms. The van der Waals surface area contributed by atoms with E-state index >= 15 is 17.6 Å². The van der Waals surface area contributed by atoms with Gasteiger partial charge >= 0.3 is 0 Å². The number of halogens is 4. The van der Waals surface area contributed by atoms with E-state index in [0.717, 1.165) is 6.07 Å². The Morgan fingerprint density at radius 1 is 0.674 bits per heavy atom. The Labute approximate surface area is 243 Å². The summed E-state index contributed by atoms with van der Waals surface area (Å²) < 4.78 is 64.3. The van der Waals surface area contributed by atoms with Crippen LogP contribution in [0.5, 0.6) is 0 Å². The maximum absolute atomic E-state index is 16.6. The van der Waals surface area contributed by atoms with Gasteiger partial charge < -0.3 is 5.32 Å². The zero-order chi connectivity index (χ0) is 30.2. The van der Waals surface area contributed by atoms with Crippen molar-refractivity contribution >= 4 is 38.9 Å². The van der Waals surface area contributed by atoms with Crippen molar-refractivity contribution in [3.63, 3.8) is 0 Å². The van der Waals surface area contributed by atoms with Crippen LogP contribution in [0.1, 0.15) is 22.3 Å². The summed E-state index contributed by atoms with van der Waals surface area (Å²) in [4.78, 5) is 3.97. The van der Waals surface area contributed by atoms with Crippen LogP contribution in [0.2, 0.25) is 0 Å². The molecule has 2 aliphatic rings. The van der Waals surface area contributed by atoms with Crippen LogP contribution in [-0.2, 0) is 0 Å². The molecule has 0 unspecified atom stereocenters. The average molecular weight is 571 g/mol. The van der Waals surface area contributed by atoms with Gasteiger partial charge in [-0.25, -0.2) is 17.6 Å². The third-order valence-corrected chi connectivity index (χ3v) is 8.17. The summed E-state index contributed by atoms with van der Waals surface area (Å²) in [5.41, 5.74) is 0.972. The summed E-state index contributed by atoms with van der Waals surface area (Å²) in [5.74, 6) is -3.79. The second-order valence-corrected chi connectivity index (χ2v) is 10.2. The highest BCUT2D eigenvalue weighted by Crippen LogP contribution is 2.60. The van der Waals surface area contributed by atoms with Crippen LogP contribution in [0.3, 0.4) is 0 Å². The number of nitriles is 2. The summed E-state index contributed by atoms with van der Waals surface area (Å²) in [7, 11) is 2.97. The van der Waals surface area contributed by atoms with Crippen LogP contribution in [0, 0.1) is 45.9 Å². The number of aliphatic imine (C=N–C) groups is 1. The number of fused-ring (bicyclic) bond motifs is 11. The molecular formula is C35H18F4N4. The largest absolute Gasteiger partial charge is 0.379 e. The Morgan fingerprint density at radius 2 is 1.19 bits per heavy atom. The molecule has 4 nitrogen and oxygen atoms in total. The number of nitrogens with zero attached hydrogens (tertiary/aromatic N) is 3. The van der Waals surface area contributed by atoms with E-state index in [9.17, 15) is 10.5 Å². The van der Waals surface area contributed by atoms with Gasteiger partial charge in [0.25, 0.3) is 0 Å². The van der Waals surface area contributed by atoms with Crippen molar-refractivity contribution in [1.82, 2.24) is 5.32 Å². The van der Waals surface area contributed by atoms with E-state index in [0.29, 0.717) is 21.9 Å². The van der Waals surface area contributed by atoms with Gasteiger partial charge in [-0.05, 0) is 39.6 Å². The number of allylic oxidation sites excluding steroid dienone is 2. The van der Waals surface area contributed by atoms with Crippen LogP contribution >= 0.6 is 0 Å². The fourth-order valence-electron chi connectivity index (χ4n) is 6.58. The van der Waals surface area contributed by atoms with Crippen LogP contribution in [0.15, 0.2) is 76.9 Å². The molecule has 0 saturated heterocycles. The molecule has 0 heterocycles. The lowest BCUT2D eigenvalue weighted by atomic mass is 9.89. The molecule has 0 saturated carbocycles. The minimum atomic E-state index is -1.27. The van der Waals surface area contributed by atoms with Gasteiger partial charge in [0.05, 0.1) is 5.57 Å². The zero-order valence-corrected chi connectivity index (χ0v) is 22.7. The van der Waals surface area contributed by atoms with E-state index in [4.69, 9.17) is 0 Å². The van der Waals surface area contributed by atoms with Gasteiger partial charge in [0.1, 0.15) is 29.5 Å². The number of nitrogens with one attached hydrogen (secondary N) is 1. The van der Waals surface area contributed by atoms with Gasteiger partial charge in [-0.15, -0.1) is 0 Å². The highest BCUT2D eigenvalue weighted by Gasteiger charge is 2.43. The van der Waals surface area contributed by atoms with Crippen molar-refractivity contribution in [2.75, 3.05) is 14.1 Å². The van der Waals surface area contributed by atoms with Gasteiger partial charge in [-0.1, -0.05) is 48.5 Å².